The largest absolute Gasteiger partial charge is 0.353 e. The molecular formula is C16H17BrN4O. The molecule has 0 bridgehead atoms. The highest BCUT2D eigenvalue weighted by Crippen LogP contribution is 2.25. The Morgan fingerprint density at radius 2 is 2.18 bits per heavy atom. The van der Waals surface area contributed by atoms with E-state index >= 15 is 0 Å². The first-order valence-electron chi connectivity index (χ1n) is 7.67. The molecule has 5 nitrogen and oxygen atoms in total. The average Bonchev–Trinajstić information content (AvgIpc) is 3.19. The van der Waals surface area contributed by atoms with Gasteiger partial charge in [-0.25, -0.2) is 9.97 Å². The number of hydrogen-bond acceptors (Lipinski definition) is 4. The number of amides is 1. The van der Waals surface area contributed by atoms with Gasteiger partial charge in [0.25, 0.3) is 0 Å². The van der Waals surface area contributed by atoms with Crippen LogP contribution in [0.3, 0.4) is 0 Å². The van der Waals surface area contributed by atoms with Crippen LogP contribution in [0.15, 0.2) is 28.9 Å². The van der Waals surface area contributed by atoms with E-state index in [1.54, 1.807) is 0 Å². The van der Waals surface area contributed by atoms with E-state index in [0.29, 0.717) is 12.6 Å². The zero-order chi connectivity index (χ0) is 15.1. The molecule has 1 unspecified atom stereocenters. The van der Waals surface area contributed by atoms with Gasteiger partial charge in [-0.3, -0.25) is 4.79 Å². The number of halogens is 1. The maximum atomic E-state index is 12.1. The van der Waals surface area contributed by atoms with Crippen LogP contribution in [0.5, 0.6) is 0 Å². The predicted molar refractivity (Wildman–Crippen MR) is 88.7 cm³/mol. The number of nitrogens with one attached hydrogen (secondary N) is 1. The van der Waals surface area contributed by atoms with E-state index in [0.717, 1.165) is 47.1 Å². The third-order valence-electron chi connectivity index (χ3n) is 4.29. The van der Waals surface area contributed by atoms with Gasteiger partial charge in [0.15, 0.2) is 0 Å². The Kier molecular flexibility index (Phi) is 3.48. The third-order valence-corrected chi connectivity index (χ3v) is 4.79. The molecule has 1 aromatic heterocycles. The second kappa shape index (κ2) is 5.50. The van der Waals surface area contributed by atoms with Crippen LogP contribution in [0, 0.1) is 5.92 Å². The van der Waals surface area contributed by atoms with Gasteiger partial charge in [0.05, 0.1) is 11.4 Å². The molecule has 2 heterocycles. The molecule has 1 saturated heterocycles. The molecule has 6 heteroatoms. The molecule has 2 aromatic rings. The molecule has 0 spiro atoms. The van der Waals surface area contributed by atoms with Crippen molar-refractivity contribution in [2.45, 2.75) is 25.3 Å². The molecule has 1 saturated carbocycles. The molecule has 114 valence electrons. The number of benzene rings is 1. The van der Waals surface area contributed by atoms with Crippen molar-refractivity contribution in [1.29, 1.82) is 0 Å². The number of aromatic nitrogens is 2. The molecule has 4 rings (SSSR count). The summed E-state index contributed by atoms with van der Waals surface area (Å²) in [6.07, 6.45) is 4.98. The van der Waals surface area contributed by atoms with Gasteiger partial charge in [-0.15, -0.1) is 0 Å². The summed E-state index contributed by atoms with van der Waals surface area (Å²) in [5, 5.41) is 4.11. The van der Waals surface area contributed by atoms with E-state index < -0.39 is 0 Å². The van der Waals surface area contributed by atoms with Crippen molar-refractivity contribution in [1.82, 2.24) is 15.3 Å². The fourth-order valence-electron chi connectivity index (χ4n) is 2.85. The van der Waals surface area contributed by atoms with Crippen LogP contribution in [-0.4, -0.2) is 35.0 Å². The minimum absolute atomic E-state index is 0.0600. The van der Waals surface area contributed by atoms with Crippen molar-refractivity contribution in [2.75, 3.05) is 18.0 Å². The number of rotatable bonds is 3. The molecule has 1 N–H and O–H groups in total. The molecule has 1 aliphatic carbocycles. The Balaban J connectivity index is 1.50. The lowest BCUT2D eigenvalue weighted by Gasteiger charge is -2.16. The van der Waals surface area contributed by atoms with Crippen LogP contribution in [0.1, 0.15) is 19.3 Å². The average molecular weight is 361 g/mol. The highest BCUT2D eigenvalue weighted by Gasteiger charge is 2.32. The summed E-state index contributed by atoms with van der Waals surface area (Å²) in [5.74, 6) is 0.969. The highest BCUT2D eigenvalue weighted by molar-refractivity contribution is 9.10. The summed E-state index contributed by atoms with van der Waals surface area (Å²) < 4.78 is 1.02. The van der Waals surface area contributed by atoms with Crippen molar-refractivity contribution < 1.29 is 4.79 Å². The summed E-state index contributed by atoms with van der Waals surface area (Å²) in [7, 11) is 0. The van der Waals surface area contributed by atoms with E-state index in [1.807, 2.05) is 24.4 Å². The van der Waals surface area contributed by atoms with Crippen molar-refractivity contribution in [3.63, 3.8) is 0 Å². The van der Waals surface area contributed by atoms with Gasteiger partial charge in [0, 0.05) is 35.2 Å². The normalized spacial score (nSPS) is 21.3. The first-order valence-corrected chi connectivity index (χ1v) is 8.46. The fourth-order valence-corrected chi connectivity index (χ4v) is 3.23. The van der Waals surface area contributed by atoms with Crippen molar-refractivity contribution in [3.05, 3.63) is 28.9 Å². The van der Waals surface area contributed by atoms with Gasteiger partial charge < -0.3 is 10.2 Å². The lowest BCUT2D eigenvalue weighted by Crippen LogP contribution is -2.34. The van der Waals surface area contributed by atoms with E-state index in [2.05, 4.69) is 36.1 Å². The monoisotopic (exact) mass is 360 g/mol. The number of carbonyl (C=O) groups is 1. The number of hydrogen-bond donors (Lipinski definition) is 1. The van der Waals surface area contributed by atoms with Gasteiger partial charge >= 0.3 is 0 Å². The molecule has 1 atom stereocenters. The lowest BCUT2D eigenvalue weighted by molar-refractivity contribution is -0.124. The first kappa shape index (κ1) is 13.9. The summed E-state index contributed by atoms with van der Waals surface area (Å²) in [6, 6.07) is 6.40. The molecule has 2 fully saturated rings. The zero-order valence-electron chi connectivity index (χ0n) is 12.1. The van der Waals surface area contributed by atoms with Crippen LogP contribution in [0.25, 0.3) is 10.9 Å². The quantitative estimate of drug-likeness (QED) is 0.913. The minimum Gasteiger partial charge on any atom is -0.353 e. The minimum atomic E-state index is 0.0600. The van der Waals surface area contributed by atoms with E-state index in [9.17, 15) is 4.79 Å². The van der Waals surface area contributed by atoms with E-state index in [-0.39, 0.29) is 11.8 Å². The summed E-state index contributed by atoms with van der Waals surface area (Å²) in [4.78, 5) is 23.3. The van der Waals surface area contributed by atoms with Gasteiger partial charge in [0.2, 0.25) is 11.9 Å². The van der Waals surface area contributed by atoms with Gasteiger partial charge in [-0.2, -0.15) is 0 Å². The lowest BCUT2D eigenvalue weighted by atomic mass is 10.1. The molecule has 1 aromatic carbocycles. The van der Waals surface area contributed by atoms with E-state index in [1.165, 1.54) is 0 Å². The molecule has 1 amide bonds. The Morgan fingerprint density at radius 3 is 3.00 bits per heavy atom. The third kappa shape index (κ3) is 2.79. The van der Waals surface area contributed by atoms with Gasteiger partial charge in [-0.1, -0.05) is 15.9 Å². The Labute approximate surface area is 137 Å². The predicted octanol–water partition coefficient (Wildman–Crippen LogP) is 2.50. The number of fused-ring (bicyclic) bond motifs is 1. The molecule has 1 aliphatic heterocycles. The first-order chi connectivity index (χ1) is 10.7. The molecule has 0 radical (unpaired) electrons. The van der Waals surface area contributed by atoms with E-state index in [4.69, 9.17) is 0 Å². The Hall–Kier alpha value is -1.69. The summed E-state index contributed by atoms with van der Waals surface area (Å²) in [5.41, 5.74) is 0.930. The number of carbonyl (C=O) groups excluding carboxylic acids is 1. The topological polar surface area (TPSA) is 58.1 Å². The van der Waals surface area contributed by atoms with Crippen LogP contribution < -0.4 is 10.2 Å². The molecular weight excluding hydrogens is 344 g/mol. The second-order valence-electron chi connectivity index (χ2n) is 6.09. The highest BCUT2D eigenvalue weighted by atomic mass is 79.9. The van der Waals surface area contributed by atoms with Crippen molar-refractivity contribution in [3.8, 4) is 0 Å². The summed E-state index contributed by atoms with van der Waals surface area (Å²) >= 11 is 3.46. The summed E-state index contributed by atoms with van der Waals surface area (Å²) in [6.45, 7) is 1.55. The Bertz CT molecular complexity index is 731. The van der Waals surface area contributed by atoms with Crippen molar-refractivity contribution in [2.24, 2.45) is 5.92 Å². The Morgan fingerprint density at radius 1 is 1.32 bits per heavy atom. The van der Waals surface area contributed by atoms with Crippen LogP contribution in [0.4, 0.5) is 5.95 Å². The SMILES string of the molecule is O=C(NC1CC1)C1CCN(c2ncc3cc(Br)ccc3n2)C1. The molecule has 2 aliphatic rings. The van der Waals surface area contributed by atoms with Gasteiger partial charge in [-0.05, 0) is 37.5 Å². The maximum Gasteiger partial charge on any atom is 0.225 e. The fraction of sp³-hybridized carbons (Fsp3) is 0.438. The number of nitrogens with zero attached hydrogens (tertiary/aromatic N) is 3. The van der Waals surface area contributed by atoms with Crippen LogP contribution in [0.2, 0.25) is 0 Å². The van der Waals surface area contributed by atoms with Crippen LogP contribution >= 0.6 is 15.9 Å². The number of anilines is 1. The molecule has 22 heavy (non-hydrogen) atoms. The second-order valence-corrected chi connectivity index (χ2v) is 7.00. The standard InChI is InChI=1S/C16H17BrN4O/c17-12-1-4-14-11(7-12)8-18-16(20-14)21-6-5-10(9-21)15(22)19-13-2-3-13/h1,4,7-8,10,13H,2-3,5-6,9H2,(H,19,22). The van der Waals surface area contributed by atoms with Crippen LogP contribution in [-0.2, 0) is 4.79 Å². The smallest absolute Gasteiger partial charge is 0.225 e. The van der Waals surface area contributed by atoms with Gasteiger partial charge in [0.1, 0.15) is 0 Å². The zero-order valence-corrected chi connectivity index (χ0v) is 13.7. The maximum absolute atomic E-state index is 12.1. The van der Waals surface area contributed by atoms with Crippen molar-refractivity contribution >= 4 is 38.7 Å².